The topological polar surface area (TPSA) is 61.4 Å². The summed E-state index contributed by atoms with van der Waals surface area (Å²) in [5.74, 6) is 0.00569. The van der Waals surface area contributed by atoms with Crippen LogP contribution in [0.2, 0.25) is 0 Å². The lowest BCUT2D eigenvalue weighted by Crippen LogP contribution is -2.30. The maximum atomic E-state index is 11.0. The van der Waals surface area contributed by atoms with Crippen LogP contribution in [-0.2, 0) is 4.79 Å². The average Bonchev–Trinajstić information content (AvgIpc) is 2.01. The van der Waals surface area contributed by atoms with E-state index in [4.69, 9.17) is 5.11 Å². The van der Waals surface area contributed by atoms with Crippen molar-refractivity contribution < 1.29 is 9.90 Å². The van der Waals surface area contributed by atoms with E-state index in [2.05, 4.69) is 10.6 Å². The number of hydrogen-bond acceptors (Lipinski definition) is 3. The van der Waals surface area contributed by atoms with E-state index in [0.29, 0.717) is 13.0 Å². The summed E-state index contributed by atoms with van der Waals surface area (Å²) in [6, 6.07) is 0. The van der Waals surface area contributed by atoms with Crippen molar-refractivity contribution in [3.8, 4) is 0 Å². The quantitative estimate of drug-likeness (QED) is 0.475. The number of hydrogen-bond donors (Lipinski definition) is 3. The van der Waals surface area contributed by atoms with Gasteiger partial charge in [-0.2, -0.15) is 0 Å². The third kappa shape index (κ3) is 7.50. The van der Waals surface area contributed by atoms with Crippen LogP contribution in [-0.4, -0.2) is 37.3 Å². The van der Waals surface area contributed by atoms with E-state index in [0.717, 1.165) is 13.0 Å². The molecule has 12 heavy (non-hydrogen) atoms. The number of amides is 1. The number of nitrogens with one attached hydrogen (secondary N) is 2. The van der Waals surface area contributed by atoms with E-state index in [1.165, 1.54) is 0 Å². The van der Waals surface area contributed by atoms with Gasteiger partial charge in [-0.25, -0.2) is 0 Å². The Balaban J connectivity index is 3.22. The minimum atomic E-state index is -0.460. The van der Waals surface area contributed by atoms with Crippen LogP contribution < -0.4 is 10.6 Å². The minimum absolute atomic E-state index is 0.00569. The van der Waals surface area contributed by atoms with Crippen molar-refractivity contribution in [2.75, 3.05) is 20.1 Å². The zero-order valence-electron chi connectivity index (χ0n) is 7.76. The highest BCUT2D eigenvalue weighted by atomic mass is 16.3. The molecule has 0 fully saturated rings. The fraction of sp³-hybridized carbons (Fsp3) is 0.875. The van der Waals surface area contributed by atoms with Crippen molar-refractivity contribution in [3.05, 3.63) is 0 Å². The molecule has 0 rings (SSSR count). The van der Waals surface area contributed by atoms with Crippen LogP contribution in [0.25, 0.3) is 0 Å². The number of aliphatic hydroxyl groups is 1. The largest absolute Gasteiger partial charge is 0.392 e. The summed E-state index contributed by atoms with van der Waals surface area (Å²) in [5.41, 5.74) is 0. The van der Waals surface area contributed by atoms with Crippen molar-refractivity contribution in [1.82, 2.24) is 10.6 Å². The zero-order chi connectivity index (χ0) is 9.40. The molecule has 0 bridgehead atoms. The lowest BCUT2D eigenvalue weighted by Gasteiger charge is -2.06. The Morgan fingerprint density at radius 3 is 2.75 bits per heavy atom. The van der Waals surface area contributed by atoms with Crippen LogP contribution >= 0.6 is 0 Å². The molecule has 0 aromatic rings. The smallest absolute Gasteiger partial charge is 0.220 e. The van der Waals surface area contributed by atoms with E-state index < -0.39 is 6.10 Å². The number of aliphatic hydroxyl groups excluding tert-OH is 1. The first kappa shape index (κ1) is 11.4. The van der Waals surface area contributed by atoms with Gasteiger partial charge in [-0.3, -0.25) is 4.79 Å². The predicted octanol–water partition coefficient (Wildman–Crippen LogP) is -0.517. The summed E-state index contributed by atoms with van der Waals surface area (Å²) >= 11 is 0. The number of carbonyl (C=O) groups is 1. The van der Waals surface area contributed by atoms with Crippen LogP contribution in [0.1, 0.15) is 19.8 Å². The van der Waals surface area contributed by atoms with Gasteiger partial charge in [0.2, 0.25) is 5.91 Å². The molecule has 1 unspecified atom stereocenters. The van der Waals surface area contributed by atoms with Gasteiger partial charge in [-0.05, 0) is 26.9 Å². The predicted molar refractivity (Wildman–Crippen MR) is 47.9 cm³/mol. The third-order valence-electron chi connectivity index (χ3n) is 1.43. The Morgan fingerprint density at radius 1 is 1.58 bits per heavy atom. The second-order valence-corrected chi connectivity index (χ2v) is 2.86. The van der Waals surface area contributed by atoms with Gasteiger partial charge in [-0.15, -0.1) is 0 Å². The van der Waals surface area contributed by atoms with Gasteiger partial charge < -0.3 is 15.7 Å². The Labute approximate surface area is 73.3 Å². The van der Waals surface area contributed by atoms with Crippen molar-refractivity contribution in [3.63, 3.8) is 0 Å². The van der Waals surface area contributed by atoms with Crippen molar-refractivity contribution in [2.24, 2.45) is 0 Å². The van der Waals surface area contributed by atoms with Crippen LogP contribution in [0.5, 0.6) is 0 Å². The molecule has 0 aliphatic heterocycles. The first-order valence-corrected chi connectivity index (χ1v) is 4.26. The molecule has 0 radical (unpaired) electrons. The van der Waals surface area contributed by atoms with E-state index in [-0.39, 0.29) is 5.91 Å². The highest BCUT2D eigenvalue weighted by molar-refractivity contribution is 5.75. The number of rotatable bonds is 6. The molecule has 4 nitrogen and oxygen atoms in total. The molecule has 0 saturated heterocycles. The molecule has 1 amide bonds. The summed E-state index contributed by atoms with van der Waals surface area (Å²) in [4.78, 5) is 11.0. The fourth-order valence-electron chi connectivity index (χ4n) is 0.776. The maximum absolute atomic E-state index is 11.0. The molecule has 0 aliphatic carbocycles. The molecule has 0 spiro atoms. The number of carbonyl (C=O) groups excluding carboxylic acids is 1. The molecular formula is C8H18N2O2. The van der Waals surface area contributed by atoms with Crippen LogP contribution in [0.3, 0.4) is 0 Å². The molecule has 4 heteroatoms. The SMILES string of the molecule is CNCCCC(=O)NCC(C)O. The van der Waals surface area contributed by atoms with Crippen molar-refractivity contribution in [2.45, 2.75) is 25.9 Å². The summed E-state index contributed by atoms with van der Waals surface area (Å²) in [6.07, 6.45) is 0.897. The van der Waals surface area contributed by atoms with Gasteiger partial charge in [0.25, 0.3) is 0 Å². The van der Waals surface area contributed by atoms with E-state index in [1.807, 2.05) is 7.05 Å². The first-order chi connectivity index (χ1) is 5.66. The summed E-state index contributed by atoms with van der Waals surface area (Å²) in [7, 11) is 1.85. The molecule has 72 valence electrons. The van der Waals surface area contributed by atoms with Crippen LogP contribution in [0.4, 0.5) is 0 Å². The molecular weight excluding hydrogens is 156 g/mol. The lowest BCUT2D eigenvalue weighted by atomic mass is 10.3. The average molecular weight is 174 g/mol. The third-order valence-corrected chi connectivity index (χ3v) is 1.43. The molecule has 0 aromatic heterocycles. The molecule has 0 heterocycles. The standard InChI is InChI=1S/C8H18N2O2/c1-7(11)6-10-8(12)4-3-5-9-2/h7,9,11H,3-6H2,1-2H3,(H,10,12). The maximum Gasteiger partial charge on any atom is 0.220 e. The van der Waals surface area contributed by atoms with Gasteiger partial charge in [0.1, 0.15) is 0 Å². The highest BCUT2D eigenvalue weighted by Gasteiger charge is 2.01. The minimum Gasteiger partial charge on any atom is -0.392 e. The Morgan fingerprint density at radius 2 is 2.25 bits per heavy atom. The second kappa shape index (κ2) is 7.06. The van der Waals surface area contributed by atoms with Crippen molar-refractivity contribution in [1.29, 1.82) is 0 Å². The summed E-state index contributed by atoms with van der Waals surface area (Å²) in [6.45, 7) is 2.84. The second-order valence-electron chi connectivity index (χ2n) is 2.86. The normalized spacial score (nSPS) is 12.6. The molecule has 0 saturated carbocycles. The first-order valence-electron chi connectivity index (χ1n) is 4.26. The van der Waals surface area contributed by atoms with E-state index in [9.17, 15) is 4.79 Å². The molecule has 3 N–H and O–H groups in total. The molecule has 0 aromatic carbocycles. The molecule has 0 aliphatic rings. The van der Waals surface area contributed by atoms with Gasteiger partial charge in [0.15, 0.2) is 0 Å². The van der Waals surface area contributed by atoms with Crippen LogP contribution in [0.15, 0.2) is 0 Å². The Hall–Kier alpha value is -0.610. The summed E-state index contributed by atoms with van der Waals surface area (Å²) in [5, 5.41) is 14.4. The van der Waals surface area contributed by atoms with Gasteiger partial charge in [0, 0.05) is 13.0 Å². The van der Waals surface area contributed by atoms with Gasteiger partial charge in [-0.1, -0.05) is 0 Å². The van der Waals surface area contributed by atoms with Gasteiger partial charge >= 0.3 is 0 Å². The zero-order valence-corrected chi connectivity index (χ0v) is 7.76. The monoisotopic (exact) mass is 174 g/mol. The van der Waals surface area contributed by atoms with Gasteiger partial charge in [0.05, 0.1) is 6.10 Å². The Bertz CT molecular complexity index is 126. The summed E-state index contributed by atoms with van der Waals surface area (Å²) < 4.78 is 0. The van der Waals surface area contributed by atoms with Crippen LogP contribution in [0, 0.1) is 0 Å². The van der Waals surface area contributed by atoms with Crippen molar-refractivity contribution >= 4 is 5.91 Å². The van der Waals surface area contributed by atoms with E-state index >= 15 is 0 Å². The highest BCUT2D eigenvalue weighted by Crippen LogP contribution is 1.86. The van der Waals surface area contributed by atoms with E-state index in [1.54, 1.807) is 6.92 Å². The fourth-order valence-corrected chi connectivity index (χ4v) is 0.776. The Kier molecular flexibility index (Phi) is 6.70. The molecule has 1 atom stereocenters. The lowest BCUT2D eigenvalue weighted by molar-refractivity contribution is -0.121.